The molecule has 3 nitrogen and oxygen atoms in total. The summed E-state index contributed by atoms with van der Waals surface area (Å²) in [6.07, 6.45) is 3.25. The highest BCUT2D eigenvalue weighted by Gasteiger charge is 2.21. The number of hydrogen-bond acceptors (Lipinski definition) is 3. The molecule has 3 rings (SSSR count). The van der Waals surface area contributed by atoms with Crippen molar-refractivity contribution >= 4 is 33.2 Å². The summed E-state index contributed by atoms with van der Waals surface area (Å²) in [6.45, 7) is 1.81. The van der Waals surface area contributed by atoms with Crippen LogP contribution in [0.3, 0.4) is 0 Å². The van der Waals surface area contributed by atoms with E-state index < -0.39 is 0 Å². The van der Waals surface area contributed by atoms with Crippen molar-refractivity contribution in [3.8, 4) is 0 Å². The maximum Gasteiger partial charge on any atom is 0.259 e. The summed E-state index contributed by atoms with van der Waals surface area (Å²) >= 11 is 7.58. The van der Waals surface area contributed by atoms with E-state index >= 15 is 0 Å². The number of aromatic amines is 1. The topological polar surface area (TPSA) is 45.8 Å². The molecule has 1 aliphatic rings. The second-order valence-corrected chi connectivity index (χ2v) is 5.84. The van der Waals surface area contributed by atoms with Crippen LogP contribution in [0.4, 0.5) is 0 Å². The Labute approximate surface area is 101 Å². The predicted octanol–water partition coefficient (Wildman–Crippen LogP) is 2.77. The Balaban J connectivity index is 2.34. The molecule has 2 aromatic rings. The van der Waals surface area contributed by atoms with E-state index in [1.54, 1.807) is 11.3 Å². The van der Waals surface area contributed by atoms with Crippen molar-refractivity contribution in [1.82, 2.24) is 9.97 Å². The SMILES string of the molecule is CC(Cl)c1nc2sc3c(c2c(=O)[nH]1)CCC3. The monoisotopic (exact) mass is 254 g/mol. The molecule has 0 amide bonds. The molecule has 84 valence electrons. The number of rotatable bonds is 1. The van der Waals surface area contributed by atoms with Gasteiger partial charge < -0.3 is 4.98 Å². The molecule has 0 saturated heterocycles. The van der Waals surface area contributed by atoms with Gasteiger partial charge in [-0.15, -0.1) is 22.9 Å². The first-order valence-corrected chi connectivity index (χ1v) is 6.60. The third kappa shape index (κ3) is 1.40. The third-order valence-corrected chi connectivity index (χ3v) is 4.36. The van der Waals surface area contributed by atoms with Crippen LogP contribution in [0.15, 0.2) is 4.79 Å². The summed E-state index contributed by atoms with van der Waals surface area (Å²) in [5, 5.41) is 0.535. The predicted molar refractivity (Wildman–Crippen MR) is 66.5 cm³/mol. The normalized spacial score (nSPS) is 16.6. The minimum atomic E-state index is -0.256. The van der Waals surface area contributed by atoms with Crippen LogP contribution in [0.2, 0.25) is 0 Å². The standard InChI is InChI=1S/C11H11ClN2OS/c1-5(12)9-13-10(15)8-6-3-2-4-7(6)16-11(8)14-9/h5H,2-4H2,1H3,(H,13,14,15). The summed E-state index contributed by atoms with van der Waals surface area (Å²) in [7, 11) is 0. The van der Waals surface area contributed by atoms with E-state index in [1.807, 2.05) is 6.92 Å². The number of halogens is 1. The molecule has 1 aliphatic carbocycles. The van der Waals surface area contributed by atoms with E-state index in [-0.39, 0.29) is 10.9 Å². The van der Waals surface area contributed by atoms with Gasteiger partial charge in [-0.3, -0.25) is 4.79 Å². The van der Waals surface area contributed by atoms with Crippen molar-refractivity contribution in [1.29, 1.82) is 0 Å². The molecule has 16 heavy (non-hydrogen) atoms. The van der Waals surface area contributed by atoms with Gasteiger partial charge in [0.25, 0.3) is 5.56 Å². The molecule has 0 aromatic carbocycles. The lowest BCUT2D eigenvalue weighted by Crippen LogP contribution is -2.12. The van der Waals surface area contributed by atoms with Gasteiger partial charge in [-0.25, -0.2) is 4.98 Å². The van der Waals surface area contributed by atoms with E-state index in [0.29, 0.717) is 5.82 Å². The van der Waals surface area contributed by atoms with Crippen molar-refractivity contribution < 1.29 is 0 Å². The third-order valence-electron chi connectivity index (χ3n) is 2.97. The van der Waals surface area contributed by atoms with Gasteiger partial charge in [0.2, 0.25) is 0 Å². The van der Waals surface area contributed by atoms with Crippen LogP contribution in [-0.2, 0) is 12.8 Å². The maximum atomic E-state index is 12.0. The zero-order valence-corrected chi connectivity index (χ0v) is 10.4. The van der Waals surface area contributed by atoms with Gasteiger partial charge in [0.15, 0.2) is 0 Å². The fraction of sp³-hybridized carbons (Fsp3) is 0.455. The van der Waals surface area contributed by atoms with Gasteiger partial charge in [0, 0.05) is 4.88 Å². The first-order valence-electron chi connectivity index (χ1n) is 5.35. The van der Waals surface area contributed by atoms with Crippen molar-refractivity contribution in [3.05, 3.63) is 26.6 Å². The van der Waals surface area contributed by atoms with Crippen molar-refractivity contribution in [2.45, 2.75) is 31.6 Å². The van der Waals surface area contributed by atoms with Gasteiger partial charge in [-0.1, -0.05) is 0 Å². The first-order chi connectivity index (χ1) is 7.66. The molecule has 5 heteroatoms. The highest BCUT2D eigenvalue weighted by Crippen LogP contribution is 2.34. The zero-order valence-electron chi connectivity index (χ0n) is 8.84. The number of aromatic nitrogens is 2. The maximum absolute atomic E-state index is 12.0. The van der Waals surface area contributed by atoms with E-state index in [2.05, 4.69) is 9.97 Å². The second-order valence-electron chi connectivity index (χ2n) is 4.10. The summed E-state index contributed by atoms with van der Waals surface area (Å²) in [6, 6.07) is 0. The quantitative estimate of drug-likeness (QED) is 0.796. The molecule has 0 bridgehead atoms. The number of nitrogens with zero attached hydrogens (tertiary/aromatic N) is 1. The second kappa shape index (κ2) is 3.57. The number of H-pyrrole nitrogens is 1. The van der Waals surface area contributed by atoms with Crippen LogP contribution in [-0.4, -0.2) is 9.97 Å². The Morgan fingerprint density at radius 1 is 1.50 bits per heavy atom. The zero-order chi connectivity index (χ0) is 11.3. The van der Waals surface area contributed by atoms with E-state index in [4.69, 9.17) is 11.6 Å². The van der Waals surface area contributed by atoms with Crippen LogP contribution < -0.4 is 5.56 Å². The molecule has 1 N–H and O–H groups in total. The Kier molecular flexibility index (Phi) is 2.30. The number of alkyl halides is 1. The Hall–Kier alpha value is -0.870. The number of aryl methyl sites for hydroxylation is 2. The van der Waals surface area contributed by atoms with Crippen molar-refractivity contribution in [2.75, 3.05) is 0 Å². The van der Waals surface area contributed by atoms with Crippen LogP contribution in [0, 0.1) is 0 Å². The molecule has 0 aliphatic heterocycles. The highest BCUT2D eigenvalue weighted by atomic mass is 35.5. The van der Waals surface area contributed by atoms with E-state index in [1.165, 1.54) is 10.4 Å². The average Bonchev–Trinajstić information content (AvgIpc) is 2.75. The highest BCUT2D eigenvalue weighted by molar-refractivity contribution is 7.18. The Morgan fingerprint density at radius 2 is 2.31 bits per heavy atom. The molecule has 0 spiro atoms. The Bertz CT molecular complexity index is 614. The molecule has 0 fully saturated rings. The summed E-state index contributed by atoms with van der Waals surface area (Å²) in [4.78, 5) is 21.4. The fourth-order valence-corrected chi connectivity index (χ4v) is 3.58. The largest absolute Gasteiger partial charge is 0.309 e. The number of thiophene rings is 1. The molecule has 2 aromatic heterocycles. The van der Waals surface area contributed by atoms with Crippen molar-refractivity contribution in [2.24, 2.45) is 0 Å². The number of hydrogen-bond donors (Lipinski definition) is 1. The lowest BCUT2D eigenvalue weighted by Gasteiger charge is -2.01. The first kappa shape index (κ1) is 10.3. The molecule has 0 saturated carbocycles. The molecular weight excluding hydrogens is 244 g/mol. The lowest BCUT2D eigenvalue weighted by molar-refractivity contribution is 0.905. The summed E-state index contributed by atoms with van der Waals surface area (Å²) < 4.78 is 0. The Morgan fingerprint density at radius 3 is 3.06 bits per heavy atom. The van der Waals surface area contributed by atoms with Gasteiger partial charge in [-0.05, 0) is 31.7 Å². The summed E-state index contributed by atoms with van der Waals surface area (Å²) in [5.41, 5.74) is 1.18. The minimum Gasteiger partial charge on any atom is -0.309 e. The minimum absolute atomic E-state index is 0.0353. The molecule has 2 heterocycles. The fourth-order valence-electron chi connectivity index (χ4n) is 2.21. The van der Waals surface area contributed by atoms with Gasteiger partial charge in [-0.2, -0.15) is 0 Å². The lowest BCUT2D eigenvalue weighted by atomic mass is 10.2. The molecule has 0 radical (unpaired) electrons. The van der Waals surface area contributed by atoms with Gasteiger partial charge in [0.1, 0.15) is 10.7 Å². The van der Waals surface area contributed by atoms with Gasteiger partial charge in [0.05, 0.1) is 10.8 Å². The van der Waals surface area contributed by atoms with Gasteiger partial charge >= 0.3 is 0 Å². The molecule has 1 atom stereocenters. The average molecular weight is 255 g/mol. The van der Waals surface area contributed by atoms with Crippen LogP contribution >= 0.6 is 22.9 Å². The summed E-state index contributed by atoms with van der Waals surface area (Å²) in [5.74, 6) is 0.569. The smallest absolute Gasteiger partial charge is 0.259 e. The van der Waals surface area contributed by atoms with E-state index in [9.17, 15) is 4.79 Å². The van der Waals surface area contributed by atoms with E-state index in [0.717, 1.165) is 29.5 Å². The van der Waals surface area contributed by atoms with Crippen LogP contribution in [0.1, 0.15) is 35.0 Å². The molecule has 1 unspecified atom stereocenters. The number of fused-ring (bicyclic) bond motifs is 3. The van der Waals surface area contributed by atoms with Crippen molar-refractivity contribution in [3.63, 3.8) is 0 Å². The van der Waals surface area contributed by atoms with Crippen LogP contribution in [0.25, 0.3) is 10.2 Å². The van der Waals surface area contributed by atoms with Crippen LogP contribution in [0.5, 0.6) is 0 Å². The molecular formula is C11H11ClN2OS. The number of nitrogens with one attached hydrogen (secondary N) is 1.